The first-order valence-electron chi connectivity index (χ1n) is 3.91. The standard InChI is InChI=1S/C9H15NS/c1-7-5-4-6-8(2)10-9(7)11-3/h6,10H,4-5H2,1-3H3. The monoisotopic (exact) mass is 169 g/mol. The number of thioether (sulfide) groups is 1. The first kappa shape index (κ1) is 8.72. The maximum absolute atomic E-state index is 3.38. The summed E-state index contributed by atoms with van der Waals surface area (Å²) >= 11 is 1.80. The molecule has 0 aromatic carbocycles. The van der Waals surface area contributed by atoms with Crippen LogP contribution >= 0.6 is 11.8 Å². The molecule has 0 bridgehead atoms. The number of hydrogen-bond donors (Lipinski definition) is 1. The van der Waals surface area contributed by atoms with Gasteiger partial charge in [0.25, 0.3) is 0 Å². The quantitative estimate of drug-likeness (QED) is 0.647. The van der Waals surface area contributed by atoms with E-state index in [-0.39, 0.29) is 0 Å². The van der Waals surface area contributed by atoms with Gasteiger partial charge in [0.1, 0.15) is 0 Å². The van der Waals surface area contributed by atoms with Gasteiger partial charge >= 0.3 is 0 Å². The topological polar surface area (TPSA) is 12.0 Å². The molecule has 1 aliphatic rings. The molecule has 11 heavy (non-hydrogen) atoms. The van der Waals surface area contributed by atoms with Gasteiger partial charge in [0.15, 0.2) is 0 Å². The summed E-state index contributed by atoms with van der Waals surface area (Å²) < 4.78 is 0. The van der Waals surface area contributed by atoms with E-state index in [0.717, 1.165) is 0 Å². The first-order chi connectivity index (χ1) is 5.24. The summed E-state index contributed by atoms with van der Waals surface area (Å²) in [6, 6.07) is 0. The summed E-state index contributed by atoms with van der Waals surface area (Å²) in [5, 5.41) is 4.71. The van der Waals surface area contributed by atoms with Crippen molar-refractivity contribution in [3.8, 4) is 0 Å². The molecule has 0 unspecified atom stereocenters. The van der Waals surface area contributed by atoms with Crippen molar-refractivity contribution in [2.45, 2.75) is 26.7 Å². The normalized spacial score (nSPS) is 19.0. The maximum Gasteiger partial charge on any atom is 0.0709 e. The fourth-order valence-electron chi connectivity index (χ4n) is 1.18. The predicted molar refractivity (Wildman–Crippen MR) is 52.3 cm³/mol. The van der Waals surface area contributed by atoms with Crippen molar-refractivity contribution in [3.63, 3.8) is 0 Å². The number of nitrogens with one attached hydrogen (secondary N) is 1. The summed E-state index contributed by atoms with van der Waals surface area (Å²) in [6.45, 7) is 4.32. The Bertz CT molecular complexity index is 204. The molecule has 0 spiro atoms. The van der Waals surface area contributed by atoms with Crippen molar-refractivity contribution >= 4 is 11.8 Å². The van der Waals surface area contributed by atoms with Crippen LogP contribution < -0.4 is 5.32 Å². The van der Waals surface area contributed by atoms with E-state index in [0.29, 0.717) is 0 Å². The maximum atomic E-state index is 3.38. The fourth-order valence-corrected chi connectivity index (χ4v) is 1.89. The molecule has 1 nitrogen and oxygen atoms in total. The third kappa shape index (κ3) is 2.29. The molecule has 0 atom stereocenters. The van der Waals surface area contributed by atoms with E-state index in [2.05, 4.69) is 31.5 Å². The average molecular weight is 169 g/mol. The largest absolute Gasteiger partial charge is 0.354 e. The molecule has 0 aromatic heterocycles. The smallest absolute Gasteiger partial charge is 0.0709 e. The minimum atomic E-state index is 1.18. The Kier molecular flexibility index (Phi) is 3.06. The molecule has 1 rings (SSSR count). The van der Waals surface area contributed by atoms with E-state index in [4.69, 9.17) is 0 Å². The van der Waals surface area contributed by atoms with Crippen molar-refractivity contribution in [3.05, 3.63) is 22.4 Å². The lowest BCUT2D eigenvalue weighted by Crippen LogP contribution is -2.07. The van der Waals surface area contributed by atoms with E-state index < -0.39 is 0 Å². The highest BCUT2D eigenvalue weighted by molar-refractivity contribution is 8.02. The van der Waals surface area contributed by atoms with Crippen LogP contribution in [-0.4, -0.2) is 6.26 Å². The predicted octanol–water partition coefficient (Wildman–Crippen LogP) is 2.87. The Balaban J connectivity index is 2.76. The fraction of sp³-hybridized carbons (Fsp3) is 0.556. The van der Waals surface area contributed by atoms with Gasteiger partial charge in [0.05, 0.1) is 5.03 Å². The Morgan fingerprint density at radius 1 is 1.45 bits per heavy atom. The zero-order valence-electron chi connectivity index (χ0n) is 7.40. The van der Waals surface area contributed by atoms with Crippen molar-refractivity contribution in [1.29, 1.82) is 0 Å². The van der Waals surface area contributed by atoms with Crippen molar-refractivity contribution in [2.24, 2.45) is 0 Å². The molecule has 0 aliphatic carbocycles. The van der Waals surface area contributed by atoms with Gasteiger partial charge in [0, 0.05) is 5.70 Å². The number of rotatable bonds is 1. The molecule has 1 aliphatic heterocycles. The van der Waals surface area contributed by atoms with Gasteiger partial charge in [-0.1, -0.05) is 6.08 Å². The Hall–Kier alpha value is -0.370. The summed E-state index contributed by atoms with van der Waals surface area (Å²) in [6.07, 6.45) is 6.74. The van der Waals surface area contributed by atoms with Gasteiger partial charge < -0.3 is 5.32 Å². The SMILES string of the molecule is CSC1=C(C)CCC=C(C)N1. The van der Waals surface area contributed by atoms with Crippen LogP contribution in [0.25, 0.3) is 0 Å². The minimum absolute atomic E-state index is 1.18. The zero-order valence-corrected chi connectivity index (χ0v) is 8.22. The van der Waals surface area contributed by atoms with Gasteiger partial charge in [-0.15, -0.1) is 11.8 Å². The van der Waals surface area contributed by atoms with Crippen molar-refractivity contribution < 1.29 is 0 Å². The molecular formula is C9H15NS. The van der Waals surface area contributed by atoms with Crippen LogP contribution in [0.5, 0.6) is 0 Å². The lowest BCUT2D eigenvalue weighted by molar-refractivity contribution is 0.978. The minimum Gasteiger partial charge on any atom is -0.354 e. The molecule has 0 saturated heterocycles. The van der Waals surface area contributed by atoms with Gasteiger partial charge in [-0.25, -0.2) is 0 Å². The molecule has 0 saturated carbocycles. The molecule has 0 aromatic rings. The average Bonchev–Trinajstić information content (AvgIpc) is 2.13. The van der Waals surface area contributed by atoms with Crippen molar-refractivity contribution in [1.82, 2.24) is 5.32 Å². The van der Waals surface area contributed by atoms with Crippen molar-refractivity contribution in [2.75, 3.05) is 6.26 Å². The summed E-state index contributed by atoms with van der Waals surface area (Å²) in [5.41, 5.74) is 2.76. The second-order valence-corrected chi connectivity index (χ2v) is 3.68. The zero-order chi connectivity index (χ0) is 8.27. The molecule has 62 valence electrons. The second kappa shape index (κ2) is 3.86. The van der Waals surface area contributed by atoms with Crippen LogP contribution in [0.4, 0.5) is 0 Å². The Morgan fingerprint density at radius 2 is 2.18 bits per heavy atom. The van der Waals surface area contributed by atoms with Crippen LogP contribution in [0.2, 0.25) is 0 Å². The van der Waals surface area contributed by atoms with Crippen LogP contribution in [0.3, 0.4) is 0 Å². The summed E-state index contributed by atoms with van der Waals surface area (Å²) in [4.78, 5) is 0. The van der Waals surface area contributed by atoms with Crippen LogP contribution in [-0.2, 0) is 0 Å². The molecule has 2 heteroatoms. The van der Waals surface area contributed by atoms with E-state index in [1.807, 2.05) is 0 Å². The van der Waals surface area contributed by atoms with Gasteiger partial charge in [-0.05, 0) is 38.5 Å². The third-order valence-corrected chi connectivity index (χ3v) is 2.73. The highest BCUT2D eigenvalue weighted by atomic mass is 32.2. The number of hydrogen-bond acceptors (Lipinski definition) is 2. The first-order valence-corrected chi connectivity index (χ1v) is 5.14. The molecule has 1 N–H and O–H groups in total. The second-order valence-electron chi connectivity index (χ2n) is 2.86. The van der Waals surface area contributed by atoms with Crippen LogP contribution in [0.1, 0.15) is 26.7 Å². The van der Waals surface area contributed by atoms with Crippen LogP contribution in [0.15, 0.2) is 22.4 Å². The summed E-state index contributed by atoms with van der Waals surface area (Å²) in [7, 11) is 0. The van der Waals surface area contributed by atoms with Gasteiger partial charge in [-0.2, -0.15) is 0 Å². The highest BCUT2D eigenvalue weighted by Gasteiger charge is 2.04. The van der Waals surface area contributed by atoms with E-state index in [1.54, 1.807) is 11.8 Å². The van der Waals surface area contributed by atoms with Crippen LogP contribution in [0, 0.1) is 0 Å². The number of allylic oxidation sites excluding steroid dienone is 3. The van der Waals surface area contributed by atoms with E-state index in [1.165, 1.54) is 29.1 Å². The molecule has 1 heterocycles. The molecule has 0 radical (unpaired) electrons. The van der Waals surface area contributed by atoms with E-state index >= 15 is 0 Å². The van der Waals surface area contributed by atoms with Gasteiger partial charge in [0.2, 0.25) is 0 Å². The Labute approximate surface area is 72.9 Å². The Morgan fingerprint density at radius 3 is 2.82 bits per heavy atom. The highest BCUT2D eigenvalue weighted by Crippen LogP contribution is 2.21. The van der Waals surface area contributed by atoms with E-state index in [9.17, 15) is 0 Å². The summed E-state index contributed by atoms with van der Waals surface area (Å²) in [5.74, 6) is 0. The molecule has 0 amide bonds. The molecular weight excluding hydrogens is 154 g/mol. The lowest BCUT2D eigenvalue weighted by Gasteiger charge is -2.08. The third-order valence-electron chi connectivity index (χ3n) is 1.87. The van der Waals surface area contributed by atoms with Gasteiger partial charge in [-0.3, -0.25) is 0 Å². The lowest BCUT2D eigenvalue weighted by atomic mass is 10.2. The molecule has 0 fully saturated rings.